The van der Waals surface area contributed by atoms with E-state index in [1.54, 1.807) is 0 Å². The second kappa shape index (κ2) is 69.6. The lowest BCUT2D eigenvalue weighted by atomic mass is 10.0. The molecule has 0 radical (unpaired) electrons. The molecular weight excluding hydrogens is 1010 g/mol. The summed E-state index contributed by atoms with van der Waals surface area (Å²) in [5, 5.41) is 0. The first-order valence-electron chi connectivity index (χ1n) is 34.9. The molecule has 0 spiro atoms. The van der Waals surface area contributed by atoms with Crippen molar-refractivity contribution in [2.75, 3.05) is 13.2 Å². The van der Waals surface area contributed by atoms with Gasteiger partial charge in [-0.25, -0.2) is 0 Å². The van der Waals surface area contributed by atoms with E-state index in [2.05, 4.69) is 124 Å². The van der Waals surface area contributed by atoms with Crippen molar-refractivity contribution in [1.82, 2.24) is 0 Å². The van der Waals surface area contributed by atoms with Crippen LogP contribution in [0.3, 0.4) is 0 Å². The minimum Gasteiger partial charge on any atom is -0.462 e. The molecule has 0 aliphatic carbocycles. The monoisotopic (exact) mass is 1140 g/mol. The van der Waals surface area contributed by atoms with Gasteiger partial charge in [-0.05, 0) is 109 Å². The largest absolute Gasteiger partial charge is 0.462 e. The van der Waals surface area contributed by atoms with Crippen molar-refractivity contribution in [2.24, 2.45) is 0 Å². The van der Waals surface area contributed by atoms with Crippen LogP contribution in [0, 0.1) is 0 Å². The Bertz CT molecular complexity index is 1640. The number of carbonyl (C=O) groups is 3. The molecular formula is C76H130O6. The first-order valence-corrected chi connectivity index (χ1v) is 34.9. The number of unbranched alkanes of at least 4 members (excludes halogenated alkanes) is 34. The van der Waals surface area contributed by atoms with E-state index in [9.17, 15) is 14.4 Å². The molecule has 1 atom stereocenters. The molecule has 6 nitrogen and oxygen atoms in total. The van der Waals surface area contributed by atoms with Gasteiger partial charge in [-0.2, -0.15) is 0 Å². The Hall–Kier alpha value is -3.93. The first-order chi connectivity index (χ1) is 40.5. The summed E-state index contributed by atoms with van der Waals surface area (Å²) < 4.78 is 16.9. The molecule has 0 amide bonds. The zero-order valence-electron chi connectivity index (χ0n) is 54.0. The van der Waals surface area contributed by atoms with E-state index < -0.39 is 12.1 Å². The average Bonchev–Trinajstić information content (AvgIpc) is 3.47. The third kappa shape index (κ3) is 66.9. The van der Waals surface area contributed by atoms with E-state index in [4.69, 9.17) is 14.2 Å². The molecule has 0 fully saturated rings. The van der Waals surface area contributed by atoms with Gasteiger partial charge in [-0.1, -0.05) is 316 Å². The van der Waals surface area contributed by atoms with E-state index in [0.717, 1.165) is 103 Å². The normalized spacial score (nSPS) is 12.8. The maximum absolute atomic E-state index is 12.9. The lowest BCUT2D eigenvalue weighted by Gasteiger charge is -2.18. The van der Waals surface area contributed by atoms with Crippen molar-refractivity contribution in [3.05, 3.63) is 109 Å². The Kier molecular flexibility index (Phi) is 66.2. The van der Waals surface area contributed by atoms with Gasteiger partial charge in [-0.3, -0.25) is 14.4 Å². The van der Waals surface area contributed by atoms with Gasteiger partial charge in [-0.15, -0.1) is 0 Å². The molecule has 0 bridgehead atoms. The fourth-order valence-corrected chi connectivity index (χ4v) is 9.78. The van der Waals surface area contributed by atoms with Crippen LogP contribution in [0.5, 0.6) is 0 Å². The van der Waals surface area contributed by atoms with Gasteiger partial charge in [0.05, 0.1) is 0 Å². The molecule has 0 aliphatic heterocycles. The van der Waals surface area contributed by atoms with Gasteiger partial charge in [0.25, 0.3) is 0 Å². The summed E-state index contributed by atoms with van der Waals surface area (Å²) in [6.07, 6.45) is 95.7. The molecule has 1 unspecified atom stereocenters. The second-order valence-corrected chi connectivity index (χ2v) is 23.1. The summed E-state index contributed by atoms with van der Waals surface area (Å²) in [6, 6.07) is 0. The van der Waals surface area contributed by atoms with Crippen LogP contribution in [0.4, 0.5) is 0 Å². The molecule has 0 aromatic carbocycles. The SMILES string of the molecule is CC/C=C\C/C=C\C/C=C\C/C=C\C/C=C\C/C=C\CCC(=O)OC(COC(=O)CCCCCCC/C=C\C/C=C\CCCC)COC(=O)CCCCCCCCCCCCCCCCCCCCC/C=C\CCCCCCCCCC. The molecule has 6 heteroatoms. The van der Waals surface area contributed by atoms with Gasteiger partial charge in [0, 0.05) is 19.3 Å². The Morgan fingerprint density at radius 3 is 0.841 bits per heavy atom. The summed E-state index contributed by atoms with van der Waals surface area (Å²) in [5.41, 5.74) is 0. The second-order valence-electron chi connectivity index (χ2n) is 23.1. The average molecular weight is 1140 g/mol. The maximum atomic E-state index is 12.9. The molecule has 0 heterocycles. The molecule has 82 heavy (non-hydrogen) atoms. The van der Waals surface area contributed by atoms with E-state index in [0.29, 0.717) is 19.3 Å². The topological polar surface area (TPSA) is 78.9 Å². The summed E-state index contributed by atoms with van der Waals surface area (Å²) in [4.78, 5) is 38.3. The Morgan fingerprint density at radius 1 is 0.256 bits per heavy atom. The fourth-order valence-electron chi connectivity index (χ4n) is 9.78. The zero-order chi connectivity index (χ0) is 59.2. The third-order valence-electron chi connectivity index (χ3n) is 15.0. The van der Waals surface area contributed by atoms with Crippen LogP contribution in [0.1, 0.15) is 335 Å². The fraction of sp³-hybridized carbons (Fsp3) is 0.724. The van der Waals surface area contributed by atoms with Crippen molar-refractivity contribution in [1.29, 1.82) is 0 Å². The lowest BCUT2D eigenvalue weighted by Crippen LogP contribution is -2.30. The highest BCUT2D eigenvalue weighted by atomic mass is 16.6. The summed E-state index contributed by atoms with van der Waals surface area (Å²) in [5.74, 6) is -1.00. The Balaban J connectivity index is 4.29. The maximum Gasteiger partial charge on any atom is 0.306 e. The number of rotatable bonds is 63. The number of carbonyl (C=O) groups excluding carboxylic acids is 3. The van der Waals surface area contributed by atoms with Gasteiger partial charge < -0.3 is 14.2 Å². The van der Waals surface area contributed by atoms with E-state index in [1.807, 2.05) is 6.08 Å². The van der Waals surface area contributed by atoms with Crippen molar-refractivity contribution < 1.29 is 28.6 Å². The predicted octanol–water partition coefficient (Wildman–Crippen LogP) is 24.2. The van der Waals surface area contributed by atoms with Crippen molar-refractivity contribution >= 4 is 17.9 Å². The van der Waals surface area contributed by atoms with Crippen LogP contribution in [0.15, 0.2) is 109 Å². The van der Waals surface area contributed by atoms with Gasteiger partial charge >= 0.3 is 17.9 Å². The van der Waals surface area contributed by atoms with Crippen LogP contribution in [-0.2, 0) is 28.6 Å². The van der Waals surface area contributed by atoms with Gasteiger partial charge in [0.15, 0.2) is 6.10 Å². The molecule has 0 aliphatic rings. The van der Waals surface area contributed by atoms with E-state index in [-0.39, 0.29) is 31.6 Å². The smallest absolute Gasteiger partial charge is 0.306 e. The minimum absolute atomic E-state index is 0.112. The van der Waals surface area contributed by atoms with Crippen LogP contribution in [0.2, 0.25) is 0 Å². The highest BCUT2D eigenvalue weighted by molar-refractivity contribution is 5.71. The van der Waals surface area contributed by atoms with Gasteiger partial charge in [0.1, 0.15) is 13.2 Å². The highest BCUT2D eigenvalue weighted by Gasteiger charge is 2.19. The number of hydrogen-bond donors (Lipinski definition) is 0. The van der Waals surface area contributed by atoms with Crippen molar-refractivity contribution in [2.45, 2.75) is 341 Å². The lowest BCUT2D eigenvalue weighted by molar-refractivity contribution is -0.166. The number of allylic oxidation sites excluding steroid dienone is 18. The molecule has 0 rings (SSSR count). The van der Waals surface area contributed by atoms with Gasteiger partial charge in [0.2, 0.25) is 0 Å². The minimum atomic E-state index is -0.827. The molecule has 0 saturated heterocycles. The van der Waals surface area contributed by atoms with Crippen LogP contribution >= 0.6 is 0 Å². The standard InChI is InChI=1S/C76H130O6/c1-4-7-10-13-16-19-22-25-28-30-32-33-34-35-36-37-38-39-40-41-42-43-45-46-48-51-54-57-60-63-66-69-75(78)81-72-73(71-80-74(77)68-65-62-59-56-53-50-27-24-21-18-15-12-9-6-3)82-76(79)70-67-64-61-58-55-52-49-47-44-31-29-26-23-20-17-14-11-8-5-2/h8,11,15,17-18,20,24,26-27,29-30,32,44,47,52,55,61,64,73H,4-7,9-10,12-14,16,19,21-23,25,28,31,33-43,45-46,48-51,53-54,56-60,62-63,65-72H2,1-3H3/b11-8-,18-15-,20-17-,27-24-,29-26-,32-30-,47-44-,55-52-,64-61-. The summed E-state index contributed by atoms with van der Waals surface area (Å²) in [6.45, 7) is 6.44. The van der Waals surface area contributed by atoms with Crippen molar-refractivity contribution in [3.8, 4) is 0 Å². The molecule has 0 saturated carbocycles. The number of esters is 3. The number of ether oxygens (including phenoxy) is 3. The van der Waals surface area contributed by atoms with E-state index >= 15 is 0 Å². The highest BCUT2D eigenvalue weighted by Crippen LogP contribution is 2.17. The summed E-state index contributed by atoms with van der Waals surface area (Å²) in [7, 11) is 0. The predicted molar refractivity (Wildman–Crippen MR) is 357 cm³/mol. The Morgan fingerprint density at radius 2 is 0.512 bits per heavy atom. The quantitative estimate of drug-likeness (QED) is 0.0261. The molecule has 470 valence electrons. The van der Waals surface area contributed by atoms with Crippen LogP contribution < -0.4 is 0 Å². The van der Waals surface area contributed by atoms with Crippen molar-refractivity contribution in [3.63, 3.8) is 0 Å². The number of hydrogen-bond acceptors (Lipinski definition) is 6. The zero-order valence-corrected chi connectivity index (χ0v) is 54.0. The van der Waals surface area contributed by atoms with E-state index in [1.165, 1.54) is 186 Å². The molecule has 0 N–H and O–H groups in total. The van der Waals surface area contributed by atoms with Crippen LogP contribution in [-0.4, -0.2) is 37.2 Å². The first kappa shape index (κ1) is 78.1. The third-order valence-corrected chi connectivity index (χ3v) is 15.0. The molecule has 0 aromatic rings. The van der Waals surface area contributed by atoms with Crippen LogP contribution in [0.25, 0.3) is 0 Å². The molecule has 0 aromatic heterocycles. The Labute approximate surface area is 508 Å². The summed E-state index contributed by atoms with van der Waals surface area (Å²) >= 11 is 0.